The normalized spacial score (nSPS) is 11.4. The van der Waals surface area contributed by atoms with Crippen LogP contribution in [-0.4, -0.2) is 15.5 Å². The van der Waals surface area contributed by atoms with Gasteiger partial charge >= 0.3 is 0 Å². The number of hydrogen-bond acceptors (Lipinski definition) is 3. The lowest BCUT2D eigenvalue weighted by Gasteiger charge is -2.13. The van der Waals surface area contributed by atoms with Gasteiger partial charge in [-0.1, -0.05) is 45.7 Å². The van der Waals surface area contributed by atoms with Crippen LogP contribution in [0, 0.1) is 0 Å². The molecule has 112 valence electrons. The van der Waals surface area contributed by atoms with Crippen LogP contribution >= 0.6 is 27.5 Å². The average molecular weight is 390 g/mol. The average Bonchev–Trinajstić information content (AvgIpc) is 2.46. The third kappa shape index (κ3) is 3.97. The molecule has 0 amide bonds. The summed E-state index contributed by atoms with van der Waals surface area (Å²) < 4.78 is 27.1. The van der Waals surface area contributed by atoms with Gasteiger partial charge in [-0.05, 0) is 36.9 Å². The molecule has 0 saturated carbocycles. The van der Waals surface area contributed by atoms with E-state index >= 15 is 0 Å². The highest BCUT2D eigenvalue weighted by Gasteiger charge is 2.15. The second-order valence-electron chi connectivity index (χ2n) is 4.29. The quantitative estimate of drug-likeness (QED) is 0.821. The molecule has 0 bridgehead atoms. The van der Waals surface area contributed by atoms with E-state index in [2.05, 4.69) is 26.0 Å². The number of halogens is 2. The molecule has 0 aromatic heterocycles. The van der Waals surface area contributed by atoms with Crippen molar-refractivity contribution >= 4 is 43.2 Å². The van der Waals surface area contributed by atoms with Gasteiger partial charge in [0.05, 0.1) is 5.69 Å². The maximum absolute atomic E-state index is 12.0. The first kappa shape index (κ1) is 16.3. The number of nitrogens with one attached hydrogen (secondary N) is 2. The summed E-state index contributed by atoms with van der Waals surface area (Å²) in [4.78, 5) is 0.220. The Bertz CT molecular complexity index is 750. The van der Waals surface area contributed by atoms with Crippen LogP contribution in [0.5, 0.6) is 0 Å². The molecule has 7 heteroatoms. The minimum absolute atomic E-state index is 0.220. The van der Waals surface area contributed by atoms with Crippen molar-refractivity contribution in [3.8, 4) is 0 Å². The fraction of sp³-hybridized carbons (Fsp3) is 0.143. The molecular formula is C14H14BrClN2O2S. The van der Waals surface area contributed by atoms with Crippen LogP contribution in [-0.2, 0) is 16.6 Å². The van der Waals surface area contributed by atoms with Crippen molar-refractivity contribution in [1.82, 2.24) is 4.72 Å². The van der Waals surface area contributed by atoms with Crippen molar-refractivity contribution in [2.75, 3.05) is 12.4 Å². The number of hydrogen-bond donors (Lipinski definition) is 2. The first-order valence-electron chi connectivity index (χ1n) is 6.14. The van der Waals surface area contributed by atoms with Crippen LogP contribution in [0.25, 0.3) is 0 Å². The van der Waals surface area contributed by atoms with Gasteiger partial charge < -0.3 is 5.32 Å². The highest BCUT2D eigenvalue weighted by Crippen LogP contribution is 2.25. The molecule has 0 fully saturated rings. The summed E-state index contributed by atoms with van der Waals surface area (Å²) >= 11 is 9.34. The lowest BCUT2D eigenvalue weighted by atomic mass is 10.2. The molecule has 2 N–H and O–H groups in total. The van der Waals surface area contributed by atoms with Gasteiger partial charge in [-0.25, -0.2) is 13.1 Å². The highest BCUT2D eigenvalue weighted by atomic mass is 79.9. The van der Waals surface area contributed by atoms with Crippen LogP contribution in [0.4, 0.5) is 5.69 Å². The van der Waals surface area contributed by atoms with Gasteiger partial charge in [0.25, 0.3) is 0 Å². The predicted octanol–water partition coefficient (Wildman–Crippen LogP) is 3.62. The van der Waals surface area contributed by atoms with Crippen molar-refractivity contribution in [2.24, 2.45) is 0 Å². The van der Waals surface area contributed by atoms with Crippen molar-refractivity contribution in [3.63, 3.8) is 0 Å². The van der Waals surface area contributed by atoms with Crippen LogP contribution in [0.3, 0.4) is 0 Å². The fourth-order valence-corrected chi connectivity index (χ4v) is 3.54. The summed E-state index contributed by atoms with van der Waals surface area (Å²) in [6.45, 7) is 0.480. The van der Waals surface area contributed by atoms with E-state index in [0.29, 0.717) is 17.3 Å². The Labute approximate surface area is 137 Å². The lowest BCUT2D eigenvalue weighted by Crippen LogP contribution is -2.20. The maximum Gasteiger partial charge on any atom is 0.242 e. The SMILES string of the molecule is CNS(=O)(=O)c1ccccc1NCc1ccc(Cl)cc1Br. The first-order chi connectivity index (χ1) is 9.94. The van der Waals surface area contributed by atoms with E-state index in [1.807, 2.05) is 6.07 Å². The Morgan fingerprint density at radius 3 is 2.57 bits per heavy atom. The zero-order valence-electron chi connectivity index (χ0n) is 11.2. The van der Waals surface area contributed by atoms with Crippen molar-refractivity contribution in [2.45, 2.75) is 11.4 Å². The minimum atomic E-state index is -3.50. The van der Waals surface area contributed by atoms with Gasteiger partial charge in [0, 0.05) is 16.0 Å². The molecule has 4 nitrogen and oxygen atoms in total. The largest absolute Gasteiger partial charge is 0.380 e. The summed E-state index contributed by atoms with van der Waals surface area (Å²) in [5, 5.41) is 3.78. The molecule has 0 atom stereocenters. The van der Waals surface area contributed by atoms with E-state index < -0.39 is 10.0 Å². The Morgan fingerprint density at radius 2 is 1.90 bits per heavy atom. The molecule has 0 saturated heterocycles. The molecule has 0 aliphatic heterocycles. The van der Waals surface area contributed by atoms with Gasteiger partial charge in [0.15, 0.2) is 0 Å². The van der Waals surface area contributed by atoms with Crippen LogP contribution in [0.15, 0.2) is 51.8 Å². The van der Waals surface area contributed by atoms with Gasteiger partial charge in [0.1, 0.15) is 4.90 Å². The van der Waals surface area contributed by atoms with E-state index in [1.54, 1.807) is 36.4 Å². The molecule has 0 spiro atoms. The minimum Gasteiger partial charge on any atom is -0.380 e. The van der Waals surface area contributed by atoms with Gasteiger partial charge in [0.2, 0.25) is 10.0 Å². The van der Waals surface area contributed by atoms with E-state index in [9.17, 15) is 8.42 Å². The molecule has 2 aromatic rings. The molecular weight excluding hydrogens is 376 g/mol. The monoisotopic (exact) mass is 388 g/mol. The van der Waals surface area contributed by atoms with E-state index in [0.717, 1.165) is 10.0 Å². The van der Waals surface area contributed by atoms with Crippen LogP contribution in [0.1, 0.15) is 5.56 Å². The lowest BCUT2D eigenvalue weighted by molar-refractivity contribution is 0.588. The number of anilines is 1. The summed E-state index contributed by atoms with van der Waals surface area (Å²) in [5.74, 6) is 0. The standard InChI is InChI=1S/C14H14BrClN2O2S/c1-17-21(19,20)14-5-3-2-4-13(14)18-9-10-6-7-11(16)8-12(10)15/h2-8,17-18H,9H2,1H3. The predicted molar refractivity (Wildman–Crippen MR) is 89.2 cm³/mol. The molecule has 21 heavy (non-hydrogen) atoms. The maximum atomic E-state index is 12.0. The summed E-state index contributed by atoms with van der Waals surface area (Å²) in [6, 6.07) is 12.2. The molecule has 0 radical (unpaired) electrons. The summed E-state index contributed by atoms with van der Waals surface area (Å²) in [7, 11) is -2.10. The molecule has 0 unspecified atom stereocenters. The second kappa shape index (κ2) is 6.79. The van der Waals surface area contributed by atoms with Gasteiger partial charge in [-0.3, -0.25) is 0 Å². The van der Waals surface area contributed by atoms with E-state index in [-0.39, 0.29) is 4.90 Å². The van der Waals surface area contributed by atoms with E-state index in [4.69, 9.17) is 11.6 Å². The molecule has 0 heterocycles. The second-order valence-corrected chi connectivity index (χ2v) is 7.44. The zero-order valence-corrected chi connectivity index (χ0v) is 14.4. The number of rotatable bonds is 5. The third-order valence-electron chi connectivity index (χ3n) is 2.93. The van der Waals surface area contributed by atoms with Gasteiger partial charge in [-0.2, -0.15) is 0 Å². The smallest absolute Gasteiger partial charge is 0.242 e. The molecule has 2 aromatic carbocycles. The Morgan fingerprint density at radius 1 is 1.19 bits per heavy atom. The highest BCUT2D eigenvalue weighted by molar-refractivity contribution is 9.10. The van der Waals surface area contributed by atoms with Crippen LogP contribution < -0.4 is 10.0 Å². The molecule has 0 aliphatic carbocycles. The van der Waals surface area contributed by atoms with Crippen molar-refractivity contribution in [1.29, 1.82) is 0 Å². The summed E-state index contributed by atoms with van der Waals surface area (Å²) in [5.41, 5.74) is 1.53. The number of benzene rings is 2. The van der Waals surface area contributed by atoms with Crippen molar-refractivity contribution < 1.29 is 8.42 Å². The molecule has 0 aliphatic rings. The number of para-hydroxylation sites is 1. The Balaban J connectivity index is 2.25. The van der Waals surface area contributed by atoms with E-state index in [1.165, 1.54) is 7.05 Å². The Hall–Kier alpha value is -1.08. The van der Waals surface area contributed by atoms with Crippen LogP contribution in [0.2, 0.25) is 5.02 Å². The third-order valence-corrected chi connectivity index (χ3v) is 5.38. The zero-order chi connectivity index (χ0) is 15.5. The Kier molecular flexibility index (Phi) is 5.27. The fourth-order valence-electron chi connectivity index (χ4n) is 1.81. The first-order valence-corrected chi connectivity index (χ1v) is 8.80. The van der Waals surface area contributed by atoms with Crippen molar-refractivity contribution in [3.05, 3.63) is 57.5 Å². The topological polar surface area (TPSA) is 58.2 Å². The molecule has 2 rings (SSSR count). The van der Waals surface area contributed by atoms with Gasteiger partial charge in [-0.15, -0.1) is 0 Å². The summed E-state index contributed by atoms with van der Waals surface area (Å²) in [6.07, 6.45) is 0. The number of sulfonamides is 1.